The van der Waals surface area contributed by atoms with E-state index in [0.29, 0.717) is 5.02 Å². The third-order valence-corrected chi connectivity index (χ3v) is 3.91. The summed E-state index contributed by atoms with van der Waals surface area (Å²) in [6, 6.07) is 4.06. The van der Waals surface area contributed by atoms with Crippen molar-refractivity contribution >= 4 is 35.1 Å². The largest absolute Gasteiger partial charge is 0.481 e. The maximum absolute atomic E-state index is 12.4. The van der Waals surface area contributed by atoms with Crippen molar-refractivity contribution in [2.45, 2.75) is 6.04 Å². The molecule has 1 saturated heterocycles. The van der Waals surface area contributed by atoms with Gasteiger partial charge >= 0.3 is 5.97 Å². The lowest BCUT2D eigenvalue weighted by Crippen LogP contribution is -2.44. The van der Waals surface area contributed by atoms with Crippen LogP contribution in [0.5, 0.6) is 0 Å². The number of nitrogens with zero attached hydrogens (tertiary/aromatic N) is 1. The molecule has 0 saturated carbocycles. The van der Waals surface area contributed by atoms with E-state index in [4.69, 9.17) is 33.0 Å². The molecule has 20 heavy (non-hydrogen) atoms. The van der Waals surface area contributed by atoms with Crippen LogP contribution in [0.4, 0.5) is 0 Å². The number of likely N-dealkylation sites (N-methyl/N-ethyl adjacent to an activating group) is 1. The summed E-state index contributed by atoms with van der Waals surface area (Å²) in [4.78, 5) is 24.9. The molecule has 0 aliphatic carbocycles. The van der Waals surface area contributed by atoms with Crippen LogP contribution in [0, 0.1) is 5.92 Å². The van der Waals surface area contributed by atoms with Crippen molar-refractivity contribution < 1.29 is 19.4 Å². The summed E-state index contributed by atoms with van der Waals surface area (Å²) in [5, 5.41) is 9.79. The summed E-state index contributed by atoms with van der Waals surface area (Å²) in [7, 11) is 1.54. The monoisotopic (exact) mass is 317 g/mol. The van der Waals surface area contributed by atoms with E-state index in [9.17, 15) is 9.59 Å². The van der Waals surface area contributed by atoms with Crippen molar-refractivity contribution in [3.05, 3.63) is 33.8 Å². The van der Waals surface area contributed by atoms with Crippen LogP contribution >= 0.6 is 23.2 Å². The van der Waals surface area contributed by atoms with E-state index >= 15 is 0 Å². The van der Waals surface area contributed by atoms with Gasteiger partial charge in [0.15, 0.2) is 0 Å². The molecule has 7 heteroatoms. The molecular weight excluding hydrogens is 305 g/mol. The topological polar surface area (TPSA) is 66.8 Å². The van der Waals surface area contributed by atoms with Crippen molar-refractivity contribution in [1.82, 2.24) is 4.90 Å². The molecule has 108 valence electrons. The molecular formula is C13H13Cl2NO4. The van der Waals surface area contributed by atoms with E-state index in [1.54, 1.807) is 6.07 Å². The average Bonchev–Trinajstić information content (AvgIpc) is 2.89. The van der Waals surface area contributed by atoms with Crippen molar-refractivity contribution in [1.29, 1.82) is 0 Å². The normalized spacial score (nSPS) is 21.8. The van der Waals surface area contributed by atoms with Gasteiger partial charge in [-0.2, -0.15) is 0 Å². The van der Waals surface area contributed by atoms with E-state index in [1.807, 2.05) is 0 Å². The number of benzene rings is 1. The number of aliphatic carboxylic acids is 1. The second-order valence-corrected chi connectivity index (χ2v) is 5.43. The van der Waals surface area contributed by atoms with Gasteiger partial charge in [-0.15, -0.1) is 0 Å². The number of hydrogen-bond donors (Lipinski definition) is 1. The molecule has 1 aromatic carbocycles. The fraction of sp³-hybridized carbons (Fsp3) is 0.385. The molecule has 2 rings (SSSR count). The lowest BCUT2D eigenvalue weighted by atomic mass is 10.0. The third kappa shape index (κ3) is 2.90. The van der Waals surface area contributed by atoms with Gasteiger partial charge in [0.1, 0.15) is 5.92 Å². The predicted molar refractivity (Wildman–Crippen MR) is 74.3 cm³/mol. The van der Waals surface area contributed by atoms with Crippen LogP contribution in [0.3, 0.4) is 0 Å². The van der Waals surface area contributed by atoms with Gasteiger partial charge in [-0.05, 0) is 18.2 Å². The van der Waals surface area contributed by atoms with Crippen LogP contribution in [-0.2, 0) is 9.53 Å². The Kier molecular flexibility index (Phi) is 4.52. The Bertz CT molecular complexity index is 549. The summed E-state index contributed by atoms with van der Waals surface area (Å²) in [5.74, 6) is -2.09. The molecule has 1 fully saturated rings. The zero-order valence-electron chi connectivity index (χ0n) is 10.7. The molecule has 1 aromatic rings. The summed E-state index contributed by atoms with van der Waals surface area (Å²) < 4.78 is 5.16. The SMILES string of the molecule is CN(C(=O)c1cc(Cl)ccc1Cl)C1COCC1C(=O)O. The number of carbonyl (C=O) groups excluding carboxylic acids is 1. The van der Waals surface area contributed by atoms with E-state index in [-0.39, 0.29) is 29.7 Å². The molecule has 1 aliphatic heterocycles. The first-order chi connectivity index (χ1) is 9.41. The highest BCUT2D eigenvalue weighted by molar-refractivity contribution is 6.35. The van der Waals surface area contributed by atoms with Gasteiger partial charge < -0.3 is 14.7 Å². The van der Waals surface area contributed by atoms with Crippen LogP contribution in [-0.4, -0.2) is 48.2 Å². The number of amides is 1. The Morgan fingerprint density at radius 3 is 2.70 bits per heavy atom. The van der Waals surface area contributed by atoms with Gasteiger partial charge in [0.05, 0.1) is 29.8 Å². The Labute approximate surface area is 126 Å². The first-order valence-electron chi connectivity index (χ1n) is 5.94. The lowest BCUT2D eigenvalue weighted by molar-refractivity contribution is -0.142. The van der Waals surface area contributed by atoms with Gasteiger partial charge in [0.2, 0.25) is 0 Å². The fourth-order valence-corrected chi connectivity index (χ4v) is 2.53. The minimum atomic E-state index is -0.982. The third-order valence-electron chi connectivity index (χ3n) is 3.34. The molecule has 1 heterocycles. The number of carbonyl (C=O) groups is 2. The quantitative estimate of drug-likeness (QED) is 0.927. The van der Waals surface area contributed by atoms with Crippen molar-refractivity contribution in [3.8, 4) is 0 Å². The highest BCUT2D eigenvalue weighted by Gasteiger charge is 2.39. The predicted octanol–water partition coefficient (Wildman–Crippen LogP) is 2.16. The van der Waals surface area contributed by atoms with Crippen molar-refractivity contribution in [2.75, 3.05) is 20.3 Å². The molecule has 1 N–H and O–H groups in total. The van der Waals surface area contributed by atoms with Crippen LogP contribution in [0.2, 0.25) is 10.0 Å². The number of carboxylic acid groups (broad SMARTS) is 1. The zero-order chi connectivity index (χ0) is 14.9. The standard InChI is InChI=1S/C13H13Cl2NO4/c1-16(11-6-20-5-9(11)13(18)19)12(17)8-4-7(14)2-3-10(8)15/h2-4,9,11H,5-6H2,1H3,(H,18,19). The number of rotatable bonds is 3. The van der Waals surface area contributed by atoms with Gasteiger partial charge in [-0.1, -0.05) is 23.2 Å². The number of halogens is 2. The fourth-order valence-electron chi connectivity index (χ4n) is 2.16. The Morgan fingerprint density at radius 1 is 1.35 bits per heavy atom. The van der Waals surface area contributed by atoms with E-state index < -0.39 is 17.9 Å². The van der Waals surface area contributed by atoms with Gasteiger partial charge in [-0.25, -0.2) is 0 Å². The minimum absolute atomic E-state index is 0.0981. The summed E-state index contributed by atoms with van der Waals surface area (Å²) in [6.45, 7) is 0.290. The van der Waals surface area contributed by atoms with Crippen LogP contribution in [0.15, 0.2) is 18.2 Å². The number of hydrogen-bond acceptors (Lipinski definition) is 3. The smallest absolute Gasteiger partial charge is 0.311 e. The maximum Gasteiger partial charge on any atom is 0.311 e. The molecule has 0 radical (unpaired) electrons. The minimum Gasteiger partial charge on any atom is -0.481 e. The molecule has 2 unspecified atom stereocenters. The van der Waals surface area contributed by atoms with Crippen molar-refractivity contribution in [2.24, 2.45) is 5.92 Å². The van der Waals surface area contributed by atoms with Gasteiger partial charge in [0, 0.05) is 12.1 Å². The molecule has 0 aromatic heterocycles. The molecule has 2 atom stereocenters. The van der Waals surface area contributed by atoms with E-state index in [0.717, 1.165) is 0 Å². The van der Waals surface area contributed by atoms with Crippen LogP contribution in [0.25, 0.3) is 0 Å². The second kappa shape index (κ2) is 5.99. The average molecular weight is 318 g/mol. The molecule has 0 spiro atoms. The van der Waals surface area contributed by atoms with Crippen LogP contribution in [0.1, 0.15) is 10.4 Å². The lowest BCUT2D eigenvalue weighted by Gasteiger charge is -2.26. The number of ether oxygens (including phenoxy) is 1. The Morgan fingerprint density at radius 2 is 2.05 bits per heavy atom. The van der Waals surface area contributed by atoms with E-state index in [1.165, 1.54) is 24.1 Å². The Hall–Kier alpha value is -1.30. The first kappa shape index (κ1) is 15.1. The zero-order valence-corrected chi connectivity index (χ0v) is 12.2. The molecule has 1 aliphatic rings. The van der Waals surface area contributed by atoms with Crippen molar-refractivity contribution in [3.63, 3.8) is 0 Å². The summed E-state index contributed by atoms with van der Waals surface area (Å²) in [6.07, 6.45) is 0. The summed E-state index contributed by atoms with van der Waals surface area (Å²) >= 11 is 11.8. The van der Waals surface area contributed by atoms with Gasteiger partial charge in [-0.3, -0.25) is 9.59 Å². The second-order valence-electron chi connectivity index (χ2n) is 4.59. The molecule has 0 bridgehead atoms. The highest BCUT2D eigenvalue weighted by atomic mass is 35.5. The molecule has 5 nitrogen and oxygen atoms in total. The van der Waals surface area contributed by atoms with Crippen LogP contribution < -0.4 is 0 Å². The highest BCUT2D eigenvalue weighted by Crippen LogP contribution is 2.25. The Balaban J connectivity index is 2.24. The molecule has 1 amide bonds. The first-order valence-corrected chi connectivity index (χ1v) is 6.70. The van der Waals surface area contributed by atoms with Gasteiger partial charge in [0.25, 0.3) is 5.91 Å². The number of carboxylic acids is 1. The maximum atomic E-state index is 12.4. The van der Waals surface area contributed by atoms with E-state index in [2.05, 4.69) is 0 Å². The summed E-state index contributed by atoms with van der Waals surface area (Å²) in [5.41, 5.74) is 0.248.